The zero-order valence-electron chi connectivity index (χ0n) is 8.17. The van der Waals surface area contributed by atoms with Crippen LogP contribution in [0.2, 0.25) is 0 Å². The van der Waals surface area contributed by atoms with Crippen molar-refractivity contribution >= 4 is 43.7 Å². The molecule has 2 saturated carbocycles. The second-order valence-electron chi connectivity index (χ2n) is 4.97. The van der Waals surface area contributed by atoms with Crippen LogP contribution in [-0.2, 0) is 9.59 Å². The minimum atomic E-state index is -0.472. The first kappa shape index (κ1) is 10.3. The smallest absolute Gasteiger partial charge is 0.233 e. The van der Waals surface area contributed by atoms with Crippen molar-refractivity contribution < 1.29 is 9.59 Å². The zero-order valence-corrected chi connectivity index (χ0v) is 11.3. The second-order valence-corrected chi connectivity index (χ2v) is 7.09. The Kier molecular flexibility index (Phi) is 1.96. The van der Waals surface area contributed by atoms with E-state index in [4.69, 9.17) is 0 Å². The SMILES string of the molecule is CC12C(=O)NC(=O)C1C1CC2C(Br)C1Br. The summed E-state index contributed by atoms with van der Waals surface area (Å²) < 4.78 is 0. The minimum absolute atomic E-state index is 0.0705. The highest BCUT2D eigenvalue weighted by Crippen LogP contribution is 2.64. The van der Waals surface area contributed by atoms with Crippen LogP contribution in [0, 0.1) is 23.2 Å². The first-order valence-corrected chi connectivity index (χ1v) is 6.94. The molecule has 5 heteroatoms. The van der Waals surface area contributed by atoms with Crippen molar-refractivity contribution in [2.24, 2.45) is 23.2 Å². The molecule has 1 aliphatic heterocycles. The largest absolute Gasteiger partial charge is 0.296 e. The Bertz CT molecular complexity index is 372. The first-order chi connectivity index (χ1) is 6.98. The number of hydrogen-bond acceptors (Lipinski definition) is 2. The maximum Gasteiger partial charge on any atom is 0.233 e. The van der Waals surface area contributed by atoms with Gasteiger partial charge in [-0.1, -0.05) is 31.9 Å². The topological polar surface area (TPSA) is 46.2 Å². The Morgan fingerprint density at radius 3 is 2.67 bits per heavy atom. The van der Waals surface area contributed by atoms with Gasteiger partial charge in [0.05, 0.1) is 11.3 Å². The summed E-state index contributed by atoms with van der Waals surface area (Å²) in [6, 6.07) is 0. The van der Waals surface area contributed by atoms with E-state index in [1.54, 1.807) is 0 Å². The molecule has 2 amide bonds. The molecule has 0 spiro atoms. The van der Waals surface area contributed by atoms with Crippen molar-refractivity contribution in [2.45, 2.75) is 23.0 Å². The molecule has 0 radical (unpaired) electrons. The average molecular weight is 337 g/mol. The van der Waals surface area contributed by atoms with Gasteiger partial charge in [-0.2, -0.15) is 0 Å². The summed E-state index contributed by atoms with van der Waals surface area (Å²) in [7, 11) is 0. The van der Waals surface area contributed by atoms with Crippen LogP contribution >= 0.6 is 31.9 Å². The van der Waals surface area contributed by atoms with Gasteiger partial charge in [0.1, 0.15) is 0 Å². The van der Waals surface area contributed by atoms with Crippen molar-refractivity contribution in [1.29, 1.82) is 0 Å². The Morgan fingerprint density at radius 1 is 1.33 bits per heavy atom. The summed E-state index contributed by atoms with van der Waals surface area (Å²) in [5.74, 6) is 0.319. The molecule has 2 bridgehead atoms. The van der Waals surface area contributed by atoms with Crippen LogP contribution in [0.3, 0.4) is 0 Å². The van der Waals surface area contributed by atoms with Crippen molar-refractivity contribution in [3.05, 3.63) is 0 Å². The maximum atomic E-state index is 11.9. The van der Waals surface area contributed by atoms with Crippen LogP contribution < -0.4 is 5.32 Å². The summed E-state index contributed by atoms with van der Waals surface area (Å²) in [5.41, 5.74) is -0.472. The van der Waals surface area contributed by atoms with E-state index < -0.39 is 5.41 Å². The Morgan fingerprint density at radius 2 is 2.00 bits per heavy atom. The van der Waals surface area contributed by atoms with Crippen molar-refractivity contribution in [1.82, 2.24) is 5.32 Å². The van der Waals surface area contributed by atoms with Gasteiger partial charge in [-0.15, -0.1) is 0 Å². The highest BCUT2D eigenvalue weighted by Gasteiger charge is 2.70. The lowest BCUT2D eigenvalue weighted by molar-refractivity contribution is -0.130. The zero-order chi connectivity index (χ0) is 11.0. The molecule has 6 unspecified atom stereocenters. The van der Waals surface area contributed by atoms with Crippen LogP contribution in [0.1, 0.15) is 13.3 Å². The van der Waals surface area contributed by atoms with Gasteiger partial charge in [0, 0.05) is 9.65 Å². The predicted molar refractivity (Wildman–Crippen MR) is 61.8 cm³/mol. The van der Waals surface area contributed by atoms with Crippen LogP contribution in [0.15, 0.2) is 0 Å². The molecular formula is C10H11Br2NO2. The van der Waals surface area contributed by atoms with Crippen molar-refractivity contribution in [3.63, 3.8) is 0 Å². The van der Waals surface area contributed by atoms with Gasteiger partial charge in [0.15, 0.2) is 0 Å². The van der Waals surface area contributed by atoms with E-state index in [9.17, 15) is 9.59 Å². The summed E-state index contributed by atoms with van der Waals surface area (Å²) >= 11 is 7.27. The van der Waals surface area contributed by atoms with E-state index in [1.807, 2.05) is 6.92 Å². The summed E-state index contributed by atoms with van der Waals surface area (Å²) in [6.45, 7) is 1.94. The monoisotopic (exact) mass is 335 g/mol. The van der Waals surface area contributed by atoms with Gasteiger partial charge >= 0.3 is 0 Å². The van der Waals surface area contributed by atoms with Gasteiger partial charge in [-0.25, -0.2) is 0 Å². The van der Waals surface area contributed by atoms with Crippen LogP contribution in [-0.4, -0.2) is 21.5 Å². The number of nitrogens with one attached hydrogen (secondary N) is 1. The van der Waals surface area contributed by atoms with Crippen LogP contribution in [0.5, 0.6) is 0 Å². The second kappa shape index (κ2) is 2.86. The van der Waals surface area contributed by atoms with Gasteiger partial charge in [0.2, 0.25) is 11.8 Å². The molecule has 3 rings (SSSR count). The summed E-state index contributed by atoms with van der Waals surface area (Å²) in [6.07, 6.45) is 0.978. The molecule has 2 aliphatic carbocycles. The molecule has 3 fully saturated rings. The number of amides is 2. The molecule has 82 valence electrons. The quantitative estimate of drug-likeness (QED) is 0.537. The van der Waals surface area contributed by atoms with E-state index >= 15 is 0 Å². The fourth-order valence-corrected chi connectivity index (χ4v) is 5.73. The lowest BCUT2D eigenvalue weighted by Crippen LogP contribution is -2.45. The summed E-state index contributed by atoms with van der Waals surface area (Å²) in [5, 5.41) is 2.48. The molecule has 1 heterocycles. The van der Waals surface area contributed by atoms with E-state index in [2.05, 4.69) is 37.2 Å². The highest BCUT2D eigenvalue weighted by molar-refractivity contribution is 9.12. The first-order valence-electron chi connectivity index (χ1n) is 5.11. The average Bonchev–Trinajstić information content (AvgIpc) is 2.69. The fraction of sp³-hybridized carbons (Fsp3) is 0.800. The van der Waals surface area contributed by atoms with Crippen LogP contribution in [0.25, 0.3) is 0 Å². The Hall–Kier alpha value is 0.1000. The number of carbonyl (C=O) groups excluding carboxylic acids is 2. The Labute approximate surface area is 105 Å². The number of fused-ring (bicyclic) bond motifs is 5. The molecule has 15 heavy (non-hydrogen) atoms. The normalized spacial score (nSPS) is 57.1. The predicted octanol–water partition coefficient (Wildman–Crippen LogP) is 1.44. The number of alkyl halides is 2. The third kappa shape index (κ3) is 0.971. The maximum absolute atomic E-state index is 11.9. The van der Waals surface area contributed by atoms with E-state index in [1.165, 1.54) is 0 Å². The molecule has 0 aromatic rings. The molecule has 1 N–H and O–H groups in total. The van der Waals surface area contributed by atoms with E-state index in [0.717, 1.165) is 6.42 Å². The molecule has 0 aromatic heterocycles. The molecule has 3 nitrogen and oxygen atoms in total. The fourth-order valence-electron chi connectivity index (χ4n) is 3.68. The number of imide groups is 1. The van der Waals surface area contributed by atoms with Crippen molar-refractivity contribution in [3.8, 4) is 0 Å². The third-order valence-corrected chi connectivity index (χ3v) is 7.64. The number of halogens is 2. The van der Waals surface area contributed by atoms with Gasteiger partial charge in [-0.3, -0.25) is 14.9 Å². The lowest BCUT2D eigenvalue weighted by Gasteiger charge is -2.37. The molecule has 1 saturated heterocycles. The molecule has 0 aromatic carbocycles. The van der Waals surface area contributed by atoms with Crippen LogP contribution in [0.4, 0.5) is 0 Å². The number of carbonyl (C=O) groups is 2. The standard InChI is InChI=1S/C10H11Br2NO2/c1-10-4-2-3(6(11)7(4)12)5(10)8(14)13-9(10)15/h3-7H,2H2,1H3,(H,13,14,15). The lowest BCUT2D eigenvalue weighted by atomic mass is 9.69. The van der Waals surface area contributed by atoms with Gasteiger partial charge in [-0.05, 0) is 25.2 Å². The van der Waals surface area contributed by atoms with Crippen molar-refractivity contribution in [2.75, 3.05) is 0 Å². The highest BCUT2D eigenvalue weighted by atomic mass is 79.9. The summed E-state index contributed by atoms with van der Waals surface area (Å²) in [4.78, 5) is 24.2. The van der Waals surface area contributed by atoms with Gasteiger partial charge in [0.25, 0.3) is 0 Å². The van der Waals surface area contributed by atoms with Gasteiger partial charge < -0.3 is 0 Å². The Balaban J connectivity index is 2.10. The number of hydrogen-bond donors (Lipinski definition) is 1. The van der Waals surface area contributed by atoms with E-state index in [-0.39, 0.29) is 23.7 Å². The molecular weight excluding hydrogens is 326 g/mol. The number of rotatable bonds is 0. The third-order valence-electron chi connectivity index (χ3n) is 4.48. The molecule has 3 aliphatic rings. The minimum Gasteiger partial charge on any atom is -0.296 e. The molecule has 6 atom stereocenters. The van der Waals surface area contributed by atoms with E-state index in [0.29, 0.717) is 15.6 Å².